The minimum absolute atomic E-state index is 0.0519. The summed E-state index contributed by atoms with van der Waals surface area (Å²) in [6.07, 6.45) is -9.43. The molecule has 25 heavy (non-hydrogen) atoms. The molecule has 0 saturated heterocycles. The van der Waals surface area contributed by atoms with E-state index in [0.717, 1.165) is 4.80 Å². The number of nitrogens with zero attached hydrogens (tertiary/aromatic N) is 4. The average Bonchev–Trinajstić information content (AvgIpc) is 2.97. The number of rotatable bonds is 6. The van der Waals surface area contributed by atoms with Gasteiger partial charge in [-0.05, 0) is 35.4 Å². The van der Waals surface area contributed by atoms with Crippen molar-refractivity contribution in [3.8, 4) is 0 Å². The van der Waals surface area contributed by atoms with Crippen molar-refractivity contribution in [2.75, 3.05) is 11.9 Å². The predicted octanol–water partition coefficient (Wildman–Crippen LogP) is 2.71. The molecule has 0 aliphatic carbocycles. The number of aryl methyl sites for hydroxylation is 1. The molecule has 12 heteroatoms. The Bertz CT molecular complexity index is 679. The number of nitrogens with one attached hydrogen (secondary N) is 1. The van der Waals surface area contributed by atoms with Crippen LogP contribution < -0.4 is 5.32 Å². The molecule has 2 aromatic rings. The first kappa shape index (κ1) is 19.0. The highest BCUT2D eigenvalue weighted by molar-refractivity contribution is 5.35. The molecule has 0 aliphatic rings. The molecule has 1 aromatic heterocycles. The molecule has 0 atom stereocenters. The third-order valence-corrected chi connectivity index (χ3v) is 3.07. The highest BCUT2D eigenvalue weighted by Gasteiger charge is 2.36. The van der Waals surface area contributed by atoms with E-state index in [1.54, 1.807) is 0 Å². The molecular weight excluding hydrogens is 356 g/mol. The molecule has 0 fully saturated rings. The largest absolute Gasteiger partial charge is 0.416 e. The van der Waals surface area contributed by atoms with Gasteiger partial charge in [-0.1, -0.05) is 5.10 Å². The van der Waals surface area contributed by atoms with Gasteiger partial charge in [-0.15, -0.1) is 5.10 Å². The van der Waals surface area contributed by atoms with E-state index >= 15 is 0 Å². The Hall–Kier alpha value is -2.37. The Kier molecular flexibility index (Phi) is 5.50. The summed E-state index contributed by atoms with van der Waals surface area (Å²) in [5.74, 6) is -0.0519. The fourth-order valence-electron chi connectivity index (χ4n) is 1.92. The van der Waals surface area contributed by atoms with E-state index in [9.17, 15) is 26.3 Å². The third kappa shape index (κ3) is 5.31. The second-order valence-electron chi connectivity index (χ2n) is 5.05. The molecule has 138 valence electrons. The molecule has 0 unspecified atom stereocenters. The Morgan fingerprint density at radius 1 is 1.00 bits per heavy atom. The van der Waals surface area contributed by atoms with Crippen LogP contribution in [0.4, 0.5) is 32.3 Å². The summed E-state index contributed by atoms with van der Waals surface area (Å²) < 4.78 is 76.6. The highest BCUT2D eigenvalue weighted by atomic mass is 19.4. The minimum Gasteiger partial charge on any atom is -0.396 e. The number of benzene rings is 1. The molecule has 0 spiro atoms. The average molecular weight is 369 g/mol. The van der Waals surface area contributed by atoms with Gasteiger partial charge in [0, 0.05) is 13.2 Å². The summed E-state index contributed by atoms with van der Waals surface area (Å²) in [6.45, 7) is -0.166. The number of anilines is 1. The van der Waals surface area contributed by atoms with Crippen LogP contribution in [-0.4, -0.2) is 31.9 Å². The monoisotopic (exact) mass is 369 g/mol. The maximum atomic E-state index is 12.8. The Labute approximate surface area is 137 Å². The lowest BCUT2D eigenvalue weighted by Crippen LogP contribution is -2.13. The SMILES string of the molecule is OCCCn1nnc(NCc2cc(C(F)(F)F)cc(C(F)(F)F)c2)n1. The Morgan fingerprint density at radius 3 is 2.12 bits per heavy atom. The van der Waals surface area contributed by atoms with E-state index in [4.69, 9.17) is 5.11 Å². The van der Waals surface area contributed by atoms with Crippen LogP contribution >= 0.6 is 0 Å². The smallest absolute Gasteiger partial charge is 0.396 e. The van der Waals surface area contributed by atoms with Crippen molar-refractivity contribution in [1.82, 2.24) is 20.2 Å². The van der Waals surface area contributed by atoms with E-state index < -0.39 is 23.5 Å². The van der Waals surface area contributed by atoms with Crippen molar-refractivity contribution >= 4 is 5.95 Å². The number of tetrazole rings is 1. The van der Waals surface area contributed by atoms with Crippen molar-refractivity contribution in [1.29, 1.82) is 0 Å². The first-order valence-corrected chi connectivity index (χ1v) is 7.00. The minimum atomic E-state index is -4.90. The molecule has 1 aromatic carbocycles. The lowest BCUT2D eigenvalue weighted by Gasteiger charge is -2.14. The van der Waals surface area contributed by atoms with Crippen LogP contribution in [0.1, 0.15) is 23.1 Å². The molecule has 0 radical (unpaired) electrons. The van der Waals surface area contributed by atoms with Crippen LogP contribution in [-0.2, 0) is 25.4 Å². The fourth-order valence-corrected chi connectivity index (χ4v) is 1.92. The number of hydrogen-bond donors (Lipinski definition) is 2. The van der Waals surface area contributed by atoms with Gasteiger partial charge >= 0.3 is 12.4 Å². The lowest BCUT2D eigenvalue weighted by molar-refractivity contribution is -0.143. The third-order valence-electron chi connectivity index (χ3n) is 3.07. The molecule has 2 N–H and O–H groups in total. The lowest BCUT2D eigenvalue weighted by atomic mass is 10.0. The fraction of sp³-hybridized carbons (Fsp3) is 0.462. The predicted molar refractivity (Wildman–Crippen MR) is 73.3 cm³/mol. The van der Waals surface area contributed by atoms with Crippen LogP contribution in [0.3, 0.4) is 0 Å². The van der Waals surface area contributed by atoms with Gasteiger partial charge in [0.2, 0.25) is 0 Å². The summed E-state index contributed by atoms with van der Waals surface area (Å²) in [6, 6.07) is 1.31. The summed E-state index contributed by atoms with van der Waals surface area (Å²) in [5, 5.41) is 22.2. The number of halogens is 6. The number of aliphatic hydroxyl groups excluding tert-OH is 1. The van der Waals surface area contributed by atoms with Crippen LogP contribution in [0, 0.1) is 0 Å². The van der Waals surface area contributed by atoms with Crippen LogP contribution in [0.25, 0.3) is 0 Å². The Balaban J connectivity index is 2.16. The molecule has 0 amide bonds. The molecule has 1 heterocycles. The summed E-state index contributed by atoms with van der Waals surface area (Å²) >= 11 is 0. The highest BCUT2D eigenvalue weighted by Crippen LogP contribution is 2.36. The van der Waals surface area contributed by atoms with Gasteiger partial charge in [0.05, 0.1) is 17.7 Å². The van der Waals surface area contributed by atoms with Crippen molar-refractivity contribution < 1.29 is 31.4 Å². The van der Waals surface area contributed by atoms with Crippen LogP contribution in [0.2, 0.25) is 0 Å². The van der Waals surface area contributed by atoms with Crippen LogP contribution in [0.5, 0.6) is 0 Å². The molecular formula is C13H13F6N5O. The zero-order valence-electron chi connectivity index (χ0n) is 12.6. The van der Waals surface area contributed by atoms with Gasteiger partial charge in [0.15, 0.2) is 0 Å². The molecule has 6 nitrogen and oxygen atoms in total. The van der Waals surface area contributed by atoms with Gasteiger partial charge in [0.25, 0.3) is 5.95 Å². The first-order valence-electron chi connectivity index (χ1n) is 7.00. The van der Waals surface area contributed by atoms with Gasteiger partial charge in [-0.3, -0.25) is 0 Å². The summed E-state index contributed by atoms with van der Waals surface area (Å²) in [5.41, 5.74) is -3.01. The zero-order valence-corrected chi connectivity index (χ0v) is 12.6. The van der Waals surface area contributed by atoms with E-state index in [0.29, 0.717) is 18.6 Å². The standard InChI is InChI=1S/C13H13F6N5O/c14-12(15,16)9-4-8(5-10(6-9)13(17,18)19)7-20-11-21-23-24(22-11)2-1-3-25/h4-6,25H,1-3,7H2,(H,20,22). The van der Waals surface area contributed by atoms with Crippen LogP contribution in [0.15, 0.2) is 18.2 Å². The molecule has 0 saturated carbocycles. The van der Waals surface area contributed by atoms with Crippen molar-refractivity contribution in [3.63, 3.8) is 0 Å². The molecule has 0 bridgehead atoms. The van der Waals surface area contributed by atoms with E-state index in [2.05, 4.69) is 20.7 Å². The second kappa shape index (κ2) is 7.25. The number of aromatic nitrogens is 4. The molecule has 2 rings (SSSR count). The van der Waals surface area contributed by atoms with E-state index in [-0.39, 0.29) is 37.3 Å². The number of hydrogen-bond acceptors (Lipinski definition) is 5. The second-order valence-corrected chi connectivity index (χ2v) is 5.05. The quantitative estimate of drug-likeness (QED) is 0.766. The van der Waals surface area contributed by atoms with Gasteiger partial charge in [-0.2, -0.15) is 31.1 Å². The maximum absolute atomic E-state index is 12.8. The maximum Gasteiger partial charge on any atom is 0.416 e. The summed E-state index contributed by atoms with van der Waals surface area (Å²) in [4.78, 5) is 1.14. The topological polar surface area (TPSA) is 75.9 Å². The van der Waals surface area contributed by atoms with Gasteiger partial charge < -0.3 is 10.4 Å². The number of aliphatic hydroxyl groups is 1. The Morgan fingerprint density at radius 2 is 1.60 bits per heavy atom. The summed E-state index contributed by atoms with van der Waals surface area (Å²) in [7, 11) is 0. The first-order chi connectivity index (χ1) is 11.6. The zero-order chi connectivity index (χ0) is 18.7. The number of alkyl halides is 6. The van der Waals surface area contributed by atoms with Gasteiger partial charge in [0.1, 0.15) is 0 Å². The van der Waals surface area contributed by atoms with Crippen molar-refractivity contribution in [2.24, 2.45) is 0 Å². The van der Waals surface area contributed by atoms with E-state index in [1.165, 1.54) is 0 Å². The van der Waals surface area contributed by atoms with E-state index in [1.807, 2.05) is 0 Å². The molecule has 0 aliphatic heterocycles. The van der Waals surface area contributed by atoms with Gasteiger partial charge in [-0.25, -0.2) is 0 Å². The van der Waals surface area contributed by atoms with Crippen molar-refractivity contribution in [3.05, 3.63) is 34.9 Å². The van der Waals surface area contributed by atoms with Crippen molar-refractivity contribution in [2.45, 2.75) is 31.9 Å². The normalized spacial score (nSPS) is 12.4.